The molecule has 1 saturated carbocycles. The topological polar surface area (TPSA) is 107 Å². The number of nitrogens with one attached hydrogen (secondary N) is 1. The molecule has 9 nitrogen and oxygen atoms in total. The number of rotatable bonds is 5. The van der Waals surface area contributed by atoms with E-state index in [2.05, 4.69) is 5.32 Å². The number of ether oxygens (including phenoxy) is 1. The Morgan fingerprint density at radius 1 is 1.38 bits per heavy atom. The van der Waals surface area contributed by atoms with Crippen LogP contribution in [0.3, 0.4) is 0 Å². The van der Waals surface area contributed by atoms with E-state index in [0.29, 0.717) is 24.3 Å². The van der Waals surface area contributed by atoms with Gasteiger partial charge in [0, 0.05) is 44.0 Å². The zero-order valence-corrected chi connectivity index (χ0v) is 16.5. The van der Waals surface area contributed by atoms with E-state index < -0.39 is 16.3 Å². The van der Waals surface area contributed by atoms with Gasteiger partial charge in [0.2, 0.25) is 5.43 Å². The lowest BCUT2D eigenvalue weighted by atomic mass is 10.1. The minimum absolute atomic E-state index is 0.0795. The molecule has 154 valence electrons. The Morgan fingerprint density at radius 3 is 2.76 bits per heavy atom. The van der Waals surface area contributed by atoms with Gasteiger partial charge in [-0.05, 0) is 32.8 Å². The highest BCUT2D eigenvalue weighted by Crippen LogP contribution is 2.39. The van der Waals surface area contributed by atoms with Crippen LogP contribution in [-0.2, 0) is 4.74 Å². The zero-order valence-electron chi connectivity index (χ0n) is 16.5. The van der Waals surface area contributed by atoms with Gasteiger partial charge in [0.1, 0.15) is 11.3 Å². The van der Waals surface area contributed by atoms with Crippen LogP contribution in [-0.4, -0.2) is 47.7 Å². The molecule has 0 radical (unpaired) electrons. The summed E-state index contributed by atoms with van der Waals surface area (Å²) in [6.07, 6.45) is 3.44. The average Bonchev–Trinajstić information content (AvgIpc) is 3.52. The van der Waals surface area contributed by atoms with E-state index in [1.807, 2.05) is 16.4 Å². The van der Waals surface area contributed by atoms with Crippen LogP contribution in [0.15, 0.2) is 23.1 Å². The van der Waals surface area contributed by atoms with Gasteiger partial charge in [-0.2, -0.15) is 0 Å². The highest BCUT2D eigenvalue weighted by atomic mass is 16.6. The van der Waals surface area contributed by atoms with Crippen molar-refractivity contribution >= 4 is 28.2 Å². The van der Waals surface area contributed by atoms with Gasteiger partial charge < -0.3 is 19.5 Å². The molecule has 1 N–H and O–H groups in total. The highest BCUT2D eigenvalue weighted by molar-refractivity contribution is 5.96. The fraction of sp³-hybridized carbons (Fsp3) is 0.500. The number of carbonyl (C=O) groups is 1. The summed E-state index contributed by atoms with van der Waals surface area (Å²) in [5, 5.41) is 15.3. The molecule has 1 aromatic heterocycles. The first-order chi connectivity index (χ1) is 13.9. The molecule has 1 aliphatic heterocycles. The van der Waals surface area contributed by atoms with Gasteiger partial charge in [0.15, 0.2) is 0 Å². The van der Waals surface area contributed by atoms with E-state index in [-0.39, 0.29) is 35.3 Å². The molecule has 9 heteroatoms. The Hall–Kier alpha value is -2.94. The minimum atomic E-state index is -0.698. The van der Waals surface area contributed by atoms with Crippen molar-refractivity contribution in [2.75, 3.05) is 31.1 Å². The smallest absolute Gasteiger partial charge is 0.343 e. The fourth-order valence-corrected chi connectivity index (χ4v) is 3.93. The lowest BCUT2D eigenvalue weighted by molar-refractivity contribution is -0.384. The highest BCUT2D eigenvalue weighted by Gasteiger charge is 2.30. The predicted molar refractivity (Wildman–Crippen MR) is 109 cm³/mol. The third-order valence-electron chi connectivity index (χ3n) is 5.47. The molecule has 1 saturated heterocycles. The van der Waals surface area contributed by atoms with Gasteiger partial charge in [-0.15, -0.1) is 0 Å². The van der Waals surface area contributed by atoms with Crippen molar-refractivity contribution in [3.63, 3.8) is 0 Å². The van der Waals surface area contributed by atoms with E-state index in [4.69, 9.17) is 4.74 Å². The first-order valence-corrected chi connectivity index (χ1v) is 9.93. The van der Waals surface area contributed by atoms with Gasteiger partial charge in [-0.25, -0.2) is 4.79 Å². The molecule has 1 atom stereocenters. The molecule has 0 spiro atoms. The van der Waals surface area contributed by atoms with Crippen LogP contribution in [0.2, 0.25) is 0 Å². The van der Waals surface area contributed by atoms with Crippen molar-refractivity contribution in [1.29, 1.82) is 0 Å². The molecule has 2 aliphatic rings. The number of nitrogens with zero attached hydrogens (tertiary/aromatic N) is 3. The zero-order chi connectivity index (χ0) is 20.7. The van der Waals surface area contributed by atoms with E-state index in [9.17, 15) is 19.7 Å². The normalized spacial score (nSPS) is 19.4. The summed E-state index contributed by atoms with van der Waals surface area (Å²) >= 11 is 0. The number of aromatic nitrogens is 1. The second-order valence-corrected chi connectivity index (χ2v) is 7.65. The second kappa shape index (κ2) is 7.47. The molecule has 1 aromatic carbocycles. The van der Waals surface area contributed by atoms with Crippen LogP contribution >= 0.6 is 0 Å². The van der Waals surface area contributed by atoms with Crippen molar-refractivity contribution in [3.8, 4) is 0 Å². The molecule has 2 aromatic rings. The summed E-state index contributed by atoms with van der Waals surface area (Å²) in [4.78, 5) is 38.6. The van der Waals surface area contributed by atoms with Gasteiger partial charge in [0.05, 0.1) is 22.4 Å². The standard InChI is InChI=1S/C20H24N4O5/c1-3-29-20(26)15-11-23(13-4-5-13)16-9-17(22-7-6-21-12(2)10-22)18(24(27)28)8-14(16)19(15)25/h8-9,11-13,21H,3-7,10H2,1-2H3/t12-/m1/s1. The van der Waals surface area contributed by atoms with Crippen LogP contribution in [0.5, 0.6) is 0 Å². The molecule has 0 bridgehead atoms. The first-order valence-electron chi connectivity index (χ1n) is 9.93. The molecule has 1 aliphatic carbocycles. The number of piperazine rings is 1. The molecule has 29 heavy (non-hydrogen) atoms. The lowest BCUT2D eigenvalue weighted by Crippen LogP contribution is -2.49. The third-order valence-corrected chi connectivity index (χ3v) is 5.47. The second-order valence-electron chi connectivity index (χ2n) is 7.65. The van der Waals surface area contributed by atoms with Crippen molar-refractivity contribution in [2.45, 2.75) is 38.8 Å². The molecule has 4 rings (SSSR count). The Bertz CT molecular complexity index is 1040. The number of esters is 1. The Labute approximate surface area is 167 Å². The Balaban J connectivity index is 1.95. The van der Waals surface area contributed by atoms with Crippen LogP contribution in [0.1, 0.15) is 43.1 Å². The van der Waals surface area contributed by atoms with Crippen molar-refractivity contribution in [2.24, 2.45) is 0 Å². The van der Waals surface area contributed by atoms with Crippen LogP contribution in [0.25, 0.3) is 10.9 Å². The van der Waals surface area contributed by atoms with E-state index in [0.717, 1.165) is 19.4 Å². The number of anilines is 1. The van der Waals surface area contributed by atoms with E-state index in [1.54, 1.807) is 19.2 Å². The molecular formula is C20H24N4O5. The minimum Gasteiger partial charge on any atom is -0.462 e. The maximum Gasteiger partial charge on any atom is 0.343 e. The number of hydrogen-bond donors (Lipinski definition) is 1. The maximum atomic E-state index is 13.0. The van der Waals surface area contributed by atoms with Crippen molar-refractivity contribution in [3.05, 3.63) is 44.2 Å². The summed E-state index contributed by atoms with van der Waals surface area (Å²) in [6.45, 7) is 5.87. The van der Waals surface area contributed by atoms with Gasteiger partial charge in [0.25, 0.3) is 5.69 Å². The number of nitro benzene ring substituents is 1. The van der Waals surface area contributed by atoms with Crippen LogP contribution in [0, 0.1) is 10.1 Å². The summed E-state index contributed by atoms with van der Waals surface area (Å²) in [7, 11) is 0. The summed E-state index contributed by atoms with van der Waals surface area (Å²) < 4.78 is 6.92. The largest absolute Gasteiger partial charge is 0.462 e. The quantitative estimate of drug-likeness (QED) is 0.466. The first kappa shape index (κ1) is 19.4. The fourth-order valence-electron chi connectivity index (χ4n) is 3.93. The van der Waals surface area contributed by atoms with Crippen LogP contribution in [0.4, 0.5) is 11.4 Å². The number of hydrogen-bond acceptors (Lipinski definition) is 7. The molecule has 2 fully saturated rings. The van der Waals surface area contributed by atoms with E-state index >= 15 is 0 Å². The number of fused-ring (bicyclic) bond motifs is 1. The Kier molecular flexibility index (Phi) is 4.99. The lowest BCUT2D eigenvalue weighted by Gasteiger charge is -2.33. The van der Waals surface area contributed by atoms with E-state index in [1.165, 1.54) is 6.07 Å². The van der Waals surface area contributed by atoms with Crippen molar-refractivity contribution < 1.29 is 14.5 Å². The predicted octanol–water partition coefficient (Wildman–Crippen LogP) is 2.22. The van der Waals surface area contributed by atoms with Gasteiger partial charge in [-0.3, -0.25) is 14.9 Å². The van der Waals surface area contributed by atoms with Crippen LogP contribution < -0.4 is 15.6 Å². The van der Waals surface area contributed by atoms with Gasteiger partial charge >= 0.3 is 5.97 Å². The molecule has 0 amide bonds. The molecular weight excluding hydrogens is 376 g/mol. The monoisotopic (exact) mass is 400 g/mol. The average molecular weight is 400 g/mol. The third kappa shape index (κ3) is 3.57. The summed E-state index contributed by atoms with van der Waals surface area (Å²) in [5.41, 5.74) is 0.403. The van der Waals surface area contributed by atoms with Crippen molar-refractivity contribution in [1.82, 2.24) is 9.88 Å². The molecule has 2 heterocycles. The molecule has 0 unspecified atom stereocenters. The number of benzene rings is 1. The summed E-state index contributed by atoms with van der Waals surface area (Å²) in [5.74, 6) is -0.698. The van der Waals surface area contributed by atoms with Gasteiger partial charge in [-0.1, -0.05) is 0 Å². The number of nitro groups is 1. The Morgan fingerprint density at radius 2 is 2.14 bits per heavy atom. The SMILES string of the molecule is CCOC(=O)c1cn(C2CC2)c2cc(N3CCN[C@H](C)C3)c([N+](=O)[O-])cc2c1=O. The number of carbonyl (C=O) groups excluding carboxylic acids is 1. The maximum absolute atomic E-state index is 13.0. The summed E-state index contributed by atoms with van der Waals surface area (Å²) in [6, 6.07) is 3.44. The number of pyridine rings is 1.